The predicted octanol–water partition coefficient (Wildman–Crippen LogP) is 4.69. The number of nitrogens with zero attached hydrogens (tertiary/aromatic N) is 6. The summed E-state index contributed by atoms with van der Waals surface area (Å²) in [5.74, 6) is 1.13. The number of nitrogens with one attached hydrogen (secondary N) is 1. The van der Waals surface area contributed by atoms with Crippen LogP contribution in [0.15, 0.2) is 36.9 Å². The van der Waals surface area contributed by atoms with Gasteiger partial charge in [-0.2, -0.15) is 9.67 Å². The summed E-state index contributed by atoms with van der Waals surface area (Å²) < 4.78 is 33.8. The van der Waals surface area contributed by atoms with Gasteiger partial charge < -0.3 is 15.0 Å². The third kappa shape index (κ3) is 4.35. The first-order chi connectivity index (χ1) is 16.0. The van der Waals surface area contributed by atoms with E-state index < -0.39 is 5.82 Å². The molecule has 0 unspecified atom stereocenters. The van der Waals surface area contributed by atoms with Crippen molar-refractivity contribution in [2.75, 3.05) is 23.3 Å². The van der Waals surface area contributed by atoms with Crippen molar-refractivity contribution in [3.8, 4) is 11.8 Å². The minimum absolute atomic E-state index is 0.0752. The van der Waals surface area contributed by atoms with E-state index in [9.17, 15) is 8.78 Å². The fraction of sp³-hybridized carbons (Fsp3) is 0.364. The van der Waals surface area contributed by atoms with Crippen LogP contribution in [0.1, 0.15) is 18.5 Å². The molecule has 11 heteroatoms. The Bertz CT molecular complexity index is 1170. The normalized spacial score (nSPS) is 22.2. The van der Waals surface area contributed by atoms with Crippen molar-refractivity contribution in [3.05, 3.63) is 53.5 Å². The molecule has 1 saturated carbocycles. The fourth-order valence-electron chi connectivity index (χ4n) is 4.66. The predicted molar refractivity (Wildman–Crippen MR) is 121 cm³/mol. The van der Waals surface area contributed by atoms with Crippen LogP contribution in [0.25, 0.3) is 6.20 Å². The molecule has 1 aromatic carbocycles. The molecule has 2 aromatic heterocycles. The van der Waals surface area contributed by atoms with Crippen LogP contribution in [0, 0.1) is 24.6 Å². The molecule has 3 atom stereocenters. The average Bonchev–Trinajstić information content (AvgIpc) is 3.26. The second kappa shape index (κ2) is 8.93. The van der Waals surface area contributed by atoms with Gasteiger partial charge in [0.05, 0.1) is 11.2 Å². The number of piperidine rings is 1. The highest BCUT2D eigenvalue weighted by Gasteiger charge is 2.43. The summed E-state index contributed by atoms with van der Waals surface area (Å²) in [5.41, 5.74) is 0.937. The van der Waals surface area contributed by atoms with Gasteiger partial charge in [0.25, 0.3) is 0 Å². The lowest BCUT2D eigenvalue weighted by Crippen LogP contribution is -2.48. The lowest BCUT2D eigenvalue weighted by molar-refractivity contribution is 0.374. The molecule has 33 heavy (non-hydrogen) atoms. The fourth-order valence-corrected chi connectivity index (χ4v) is 4.83. The zero-order valence-corrected chi connectivity index (χ0v) is 18.6. The Kier molecular flexibility index (Phi) is 5.84. The molecule has 1 aliphatic carbocycles. The van der Waals surface area contributed by atoms with Gasteiger partial charge >= 0.3 is 6.01 Å². The van der Waals surface area contributed by atoms with Gasteiger partial charge in [-0.1, -0.05) is 17.7 Å². The van der Waals surface area contributed by atoms with Gasteiger partial charge in [-0.05, 0) is 43.7 Å². The third-order valence-electron chi connectivity index (χ3n) is 6.16. The monoisotopic (exact) mass is 473 g/mol. The van der Waals surface area contributed by atoms with Crippen molar-refractivity contribution in [3.63, 3.8) is 0 Å². The van der Waals surface area contributed by atoms with Crippen molar-refractivity contribution >= 4 is 29.6 Å². The summed E-state index contributed by atoms with van der Waals surface area (Å²) in [7, 11) is 0. The molecular weight excluding hydrogens is 452 g/mol. The summed E-state index contributed by atoms with van der Waals surface area (Å²) in [6.07, 6.45) is 5.10. The number of anilines is 2. The highest BCUT2D eigenvalue weighted by Crippen LogP contribution is 2.40. The number of hydrogen-bond donors (Lipinski definition) is 1. The molecule has 3 heterocycles. The van der Waals surface area contributed by atoms with Crippen LogP contribution in [0.5, 0.6) is 11.8 Å². The number of ether oxygens (including phenoxy) is 1. The Morgan fingerprint density at radius 2 is 2.00 bits per heavy atom. The highest BCUT2D eigenvalue weighted by atomic mass is 35.5. The molecule has 2 bridgehead atoms. The smallest absolute Gasteiger partial charge is 0.326 e. The molecule has 1 saturated heterocycles. The van der Waals surface area contributed by atoms with Crippen molar-refractivity contribution in [1.29, 1.82) is 0 Å². The van der Waals surface area contributed by atoms with Crippen molar-refractivity contribution < 1.29 is 13.5 Å². The number of aryl methyl sites for hydroxylation is 1. The molecule has 0 amide bonds. The maximum absolute atomic E-state index is 14.3. The summed E-state index contributed by atoms with van der Waals surface area (Å²) in [5, 5.41) is 7.60. The molecule has 0 radical (unpaired) electrons. The molecule has 0 spiro atoms. The second-order valence-electron chi connectivity index (χ2n) is 8.28. The van der Waals surface area contributed by atoms with Crippen LogP contribution in [-0.2, 0) is 0 Å². The van der Waals surface area contributed by atoms with Gasteiger partial charge in [-0.15, -0.1) is 5.10 Å². The van der Waals surface area contributed by atoms with Crippen LogP contribution in [0.4, 0.5) is 20.5 Å². The third-order valence-corrected chi connectivity index (χ3v) is 6.45. The van der Waals surface area contributed by atoms with E-state index in [0.29, 0.717) is 24.1 Å². The van der Waals surface area contributed by atoms with E-state index in [2.05, 4.69) is 30.3 Å². The Labute approximate surface area is 194 Å². The Balaban J connectivity index is 1.34. The molecule has 172 valence electrons. The molecular formula is C22H22ClF2N7O. The van der Waals surface area contributed by atoms with E-state index in [4.69, 9.17) is 16.3 Å². The molecule has 3 aromatic rings. The van der Waals surface area contributed by atoms with Crippen LogP contribution < -0.4 is 15.0 Å². The largest absolute Gasteiger partial charge is 0.421 e. The van der Waals surface area contributed by atoms with Crippen molar-refractivity contribution in [2.24, 2.45) is 11.8 Å². The van der Waals surface area contributed by atoms with E-state index in [1.807, 2.05) is 13.0 Å². The Morgan fingerprint density at radius 1 is 1.21 bits per heavy atom. The van der Waals surface area contributed by atoms with Gasteiger partial charge in [0.2, 0.25) is 5.95 Å². The van der Waals surface area contributed by atoms with Crippen molar-refractivity contribution in [2.45, 2.75) is 25.8 Å². The van der Waals surface area contributed by atoms with E-state index in [-0.39, 0.29) is 22.8 Å². The highest BCUT2D eigenvalue weighted by molar-refractivity contribution is 6.30. The van der Waals surface area contributed by atoms with Crippen LogP contribution >= 0.6 is 11.6 Å². The maximum Gasteiger partial charge on any atom is 0.326 e. The molecule has 1 N–H and O–H groups in total. The lowest BCUT2D eigenvalue weighted by Gasteiger charge is -2.38. The minimum atomic E-state index is -0.724. The molecule has 2 fully saturated rings. The van der Waals surface area contributed by atoms with E-state index >= 15 is 0 Å². The Morgan fingerprint density at radius 3 is 2.73 bits per heavy atom. The zero-order valence-electron chi connectivity index (χ0n) is 17.8. The van der Waals surface area contributed by atoms with Crippen LogP contribution in [-0.4, -0.2) is 43.9 Å². The lowest BCUT2D eigenvalue weighted by atomic mass is 9.92. The summed E-state index contributed by atoms with van der Waals surface area (Å²) in [4.78, 5) is 15.2. The van der Waals surface area contributed by atoms with Gasteiger partial charge in [0, 0.05) is 30.9 Å². The second-order valence-corrected chi connectivity index (χ2v) is 8.69. The van der Waals surface area contributed by atoms with E-state index in [1.54, 1.807) is 12.4 Å². The van der Waals surface area contributed by atoms with Crippen LogP contribution in [0.3, 0.4) is 0 Å². The molecule has 5 rings (SSSR count). The Hall–Kier alpha value is -3.27. The minimum Gasteiger partial charge on any atom is -0.421 e. The van der Waals surface area contributed by atoms with Gasteiger partial charge in [0.1, 0.15) is 18.5 Å². The molecule has 2 aliphatic rings. The average molecular weight is 474 g/mol. The van der Waals surface area contributed by atoms with E-state index in [0.717, 1.165) is 48.3 Å². The van der Waals surface area contributed by atoms with Gasteiger partial charge in [-0.3, -0.25) is 0 Å². The van der Waals surface area contributed by atoms with Gasteiger partial charge in [0.15, 0.2) is 11.6 Å². The number of halogens is 3. The topological polar surface area (TPSA) is 81.0 Å². The summed E-state index contributed by atoms with van der Waals surface area (Å²) >= 11 is 5.82. The number of aromatic nitrogens is 5. The van der Waals surface area contributed by atoms with Crippen LogP contribution in [0.2, 0.25) is 5.02 Å². The quantitative estimate of drug-likeness (QED) is 0.556. The maximum atomic E-state index is 14.3. The van der Waals surface area contributed by atoms with Crippen molar-refractivity contribution in [1.82, 2.24) is 24.7 Å². The summed E-state index contributed by atoms with van der Waals surface area (Å²) in [6.45, 7) is 3.66. The number of benzene rings is 1. The summed E-state index contributed by atoms with van der Waals surface area (Å²) in [6, 6.07) is 6.46. The first kappa shape index (κ1) is 21.6. The zero-order chi connectivity index (χ0) is 22.9. The van der Waals surface area contributed by atoms with Gasteiger partial charge in [-0.25, -0.2) is 18.7 Å². The number of fused-ring (bicyclic) bond motifs is 2. The first-order valence-corrected chi connectivity index (χ1v) is 11.0. The standard InChI is InChI=1S/C22H22ClF2N7O/c1-13-9-18(27-12-26-13)31-10-14-5-6-15(11-31)20(14)28-21-29-22(32(30-21)8-7-24)33-17-4-2-3-16(23)19(17)25/h2-4,7-9,12,14-15,20H,5-6,10-11H2,1H3,(H,28,30)/t14-,15+,20-. The molecule has 8 nitrogen and oxygen atoms in total. The molecule has 1 aliphatic heterocycles. The number of hydrogen-bond acceptors (Lipinski definition) is 7. The first-order valence-electron chi connectivity index (χ1n) is 10.7. The van der Waals surface area contributed by atoms with E-state index in [1.165, 1.54) is 12.1 Å². The number of rotatable bonds is 6. The SMILES string of the molecule is Cc1cc(N2C[C@H]3CC[C@@H](C2)[C@@H]3Nc2nc(Oc3cccc(Cl)c3F)n(C=CF)n2)ncn1.